The number of fused-ring (bicyclic) bond motifs is 2. The van der Waals surface area contributed by atoms with Gasteiger partial charge in [0.2, 0.25) is 5.95 Å². The standard InChI is InChI=1S/C16H15N5O2S.C5H10O/c1-19-12-13(18-15(19)17)20(2)16(23)21(14(12)22)8-9-3-4-11-10(7-9)5-6-24-11;6-5-3-1-2-4-5/h3-7H,8H2,1-2H3,(H2,17,18);5-6H,1-4H2. The molecule has 8 nitrogen and oxygen atoms in total. The Kier molecular flexibility index (Phi) is 5.48. The minimum absolute atomic E-state index is 0.0463. The molecule has 158 valence electrons. The molecule has 1 saturated carbocycles. The van der Waals surface area contributed by atoms with Crippen LogP contribution in [0.15, 0.2) is 39.2 Å². The second kappa shape index (κ2) is 8.08. The second-order valence-electron chi connectivity index (χ2n) is 7.67. The number of nitrogens with zero attached hydrogens (tertiary/aromatic N) is 4. The number of thiophene rings is 1. The molecule has 0 bridgehead atoms. The molecule has 9 heteroatoms. The summed E-state index contributed by atoms with van der Waals surface area (Å²) in [5, 5.41) is 11.9. The number of aliphatic hydroxyl groups is 1. The highest BCUT2D eigenvalue weighted by molar-refractivity contribution is 7.17. The van der Waals surface area contributed by atoms with E-state index in [0.717, 1.165) is 23.8 Å². The molecule has 30 heavy (non-hydrogen) atoms. The third-order valence-corrected chi connectivity index (χ3v) is 6.47. The quantitative estimate of drug-likeness (QED) is 0.510. The number of rotatable bonds is 2. The Bertz CT molecular complexity index is 1320. The maximum absolute atomic E-state index is 12.8. The van der Waals surface area contributed by atoms with Gasteiger partial charge in [0.15, 0.2) is 11.2 Å². The highest BCUT2D eigenvalue weighted by Gasteiger charge is 2.17. The fraction of sp³-hybridized carbons (Fsp3) is 0.381. The molecule has 3 N–H and O–H groups in total. The van der Waals surface area contributed by atoms with Crippen molar-refractivity contribution in [3.05, 3.63) is 56.0 Å². The average Bonchev–Trinajstić information content (AvgIpc) is 3.45. The maximum Gasteiger partial charge on any atom is 0.332 e. The van der Waals surface area contributed by atoms with Crippen molar-refractivity contribution in [1.82, 2.24) is 18.7 Å². The van der Waals surface area contributed by atoms with Crippen LogP contribution >= 0.6 is 11.3 Å². The van der Waals surface area contributed by atoms with E-state index >= 15 is 0 Å². The van der Waals surface area contributed by atoms with Gasteiger partial charge in [-0.2, -0.15) is 4.98 Å². The van der Waals surface area contributed by atoms with Crippen LogP contribution in [0.4, 0.5) is 5.95 Å². The van der Waals surface area contributed by atoms with Crippen molar-refractivity contribution in [3.8, 4) is 0 Å². The van der Waals surface area contributed by atoms with Crippen molar-refractivity contribution in [3.63, 3.8) is 0 Å². The van der Waals surface area contributed by atoms with Crippen LogP contribution in [0.1, 0.15) is 31.2 Å². The zero-order valence-corrected chi connectivity index (χ0v) is 17.9. The number of anilines is 1. The highest BCUT2D eigenvalue weighted by Crippen LogP contribution is 2.22. The summed E-state index contributed by atoms with van der Waals surface area (Å²) < 4.78 is 5.26. The number of aliphatic hydroxyl groups excluding tert-OH is 1. The first-order valence-corrected chi connectivity index (χ1v) is 10.8. The summed E-state index contributed by atoms with van der Waals surface area (Å²) in [6, 6.07) is 7.97. The van der Waals surface area contributed by atoms with Gasteiger partial charge in [-0.05, 0) is 47.4 Å². The molecule has 0 aliphatic heterocycles. The summed E-state index contributed by atoms with van der Waals surface area (Å²) >= 11 is 1.66. The van der Waals surface area contributed by atoms with Crippen LogP contribution in [0.25, 0.3) is 21.3 Å². The van der Waals surface area contributed by atoms with E-state index in [1.165, 1.54) is 31.2 Å². The molecule has 0 unspecified atom stereocenters. The summed E-state index contributed by atoms with van der Waals surface area (Å²) in [6.07, 6.45) is 4.60. The number of imidazole rings is 1. The molecular weight excluding hydrogens is 402 g/mol. The molecule has 1 aliphatic carbocycles. The van der Waals surface area contributed by atoms with E-state index in [4.69, 9.17) is 10.8 Å². The Morgan fingerprint density at radius 3 is 2.57 bits per heavy atom. The van der Waals surface area contributed by atoms with Gasteiger partial charge in [0.05, 0.1) is 12.6 Å². The topological polar surface area (TPSA) is 108 Å². The lowest BCUT2D eigenvalue weighted by Crippen LogP contribution is -2.39. The van der Waals surface area contributed by atoms with Gasteiger partial charge in [0, 0.05) is 18.8 Å². The number of hydrogen-bond acceptors (Lipinski definition) is 6. The molecule has 0 saturated heterocycles. The zero-order valence-electron chi connectivity index (χ0n) is 17.0. The number of aromatic nitrogens is 4. The van der Waals surface area contributed by atoms with E-state index in [-0.39, 0.29) is 24.2 Å². The van der Waals surface area contributed by atoms with E-state index in [1.54, 1.807) is 25.4 Å². The lowest BCUT2D eigenvalue weighted by Gasteiger charge is -2.09. The Morgan fingerprint density at radius 2 is 1.90 bits per heavy atom. The van der Waals surface area contributed by atoms with E-state index in [1.807, 2.05) is 29.6 Å². The molecule has 1 aromatic carbocycles. The number of aryl methyl sites for hydroxylation is 2. The van der Waals surface area contributed by atoms with Crippen molar-refractivity contribution < 1.29 is 5.11 Å². The molecule has 1 aliphatic rings. The second-order valence-corrected chi connectivity index (χ2v) is 8.61. The largest absolute Gasteiger partial charge is 0.393 e. The van der Waals surface area contributed by atoms with E-state index in [2.05, 4.69) is 4.98 Å². The molecular formula is C21H25N5O3S. The summed E-state index contributed by atoms with van der Waals surface area (Å²) in [5.41, 5.74) is 6.52. The minimum Gasteiger partial charge on any atom is -0.393 e. The van der Waals surface area contributed by atoms with Crippen molar-refractivity contribution in [2.45, 2.75) is 38.3 Å². The molecule has 0 spiro atoms. The summed E-state index contributed by atoms with van der Waals surface area (Å²) in [6.45, 7) is 0.207. The van der Waals surface area contributed by atoms with Crippen LogP contribution in [0.5, 0.6) is 0 Å². The van der Waals surface area contributed by atoms with Gasteiger partial charge in [-0.1, -0.05) is 18.9 Å². The molecule has 4 aromatic rings. The molecule has 0 radical (unpaired) electrons. The first-order chi connectivity index (χ1) is 14.4. The first kappa shape index (κ1) is 20.4. The van der Waals surface area contributed by atoms with Crippen LogP contribution < -0.4 is 17.0 Å². The number of benzene rings is 1. The lowest BCUT2D eigenvalue weighted by atomic mass is 10.1. The monoisotopic (exact) mass is 427 g/mol. The minimum atomic E-state index is -0.406. The first-order valence-electron chi connectivity index (χ1n) is 9.92. The van der Waals surface area contributed by atoms with Gasteiger partial charge in [0.25, 0.3) is 5.56 Å². The molecule has 3 heterocycles. The van der Waals surface area contributed by atoms with E-state index < -0.39 is 5.69 Å². The maximum atomic E-state index is 12.8. The van der Waals surface area contributed by atoms with E-state index in [9.17, 15) is 9.59 Å². The predicted octanol–water partition coefficient (Wildman–Crippen LogP) is 2.20. The molecule has 0 amide bonds. The van der Waals surface area contributed by atoms with Crippen molar-refractivity contribution >= 4 is 38.5 Å². The van der Waals surface area contributed by atoms with Gasteiger partial charge in [-0.25, -0.2) is 4.79 Å². The summed E-state index contributed by atoms with van der Waals surface area (Å²) in [4.78, 5) is 29.5. The van der Waals surface area contributed by atoms with Crippen LogP contribution in [0.2, 0.25) is 0 Å². The normalized spacial score (nSPS) is 14.4. The number of nitrogen functional groups attached to an aromatic ring is 1. The lowest BCUT2D eigenvalue weighted by molar-refractivity contribution is 0.183. The van der Waals surface area contributed by atoms with Crippen LogP contribution in [0, 0.1) is 0 Å². The number of hydrogen-bond donors (Lipinski definition) is 2. The zero-order chi connectivity index (χ0) is 21.4. The number of nitrogens with two attached hydrogens (primary N) is 1. The third kappa shape index (κ3) is 3.66. The van der Waals surface area contributed by atoms with Gasteiger partial charge >= 0.3 is 5.69 Å². The predicted molar refractivity (Wildman–Crippen MR) is 120 cm³/mol. The molecule has 5 rings (SSSR count). The molecule has 3 aromatic heterocycles. The van der Waals surface area contributed by atoms with Gasteiger partial charge in [-0.3, -0.25) is 13.9 Å². The highest BCUT2D eigenvalue weighted by atomic mass is 32.1. The van der Waals surface area contributed by atoms with Crippen LogP contribution in [-0.4, -0.2) is 29.9 Å². The Hall–Kier alpha value is -2.91. The summed E-state index contributed by atoms with van der Waals surface area (Å²) in [5.74, 6) is 0.203. The van der Waals surface area contributed by atoms with Gasteiger partial charge < -0.3 is 15.4 Å². The van der Waals surface area contributed by atoms with Crippen molar-refractivity contribution in [2.75, 3.05) is 5.73 Å². The SMILES string of the molecule is Cn1c(N)nc2c1c(=O)n(Cc1ccc3sccc3c1)c(=O)n2C.OC1CCCC1. The summed E-state index contributed by atoms with van der Waals surface area (Å²) in [7, 11) is 3.26. The van der Waals surface area contributed by atoms with Crippen LogP contribution in [0.3, 0.4) is 0 Å². The Balaban J connectivity index is 0.000000313. The van der Waals surface area contributed by atoms with E-state index in [0.29, 0.717) is 11.2 Å². The molecule has 0 atom stereocenters. The van der Waals surface area contributed by atoms with Gasteiger partial charge in [-0.15, -0.1) is 11.3 Å². The Labute approximate surface area is 176 Å². The van der Waals surface area contributed by atoms with Crippen molar-refractivity contribution in [2.24, 2.45) is 14.1 Å². The van der Waals surface area contributed by atoms with Gasteiger partial charge in [0.1, 0.15) is 0 Å². The third-order valence-electron chi connectivity index (χ3n) is 5.58. The fourth-order valence-corrected chi connectivity index (χ4v) is 4.57. The fourth-order valence-electron chi connectivity index (χ4n) is 3.80. The van der Waals surface area contributed by atoms with Crippen molar-refractivity contribution in [1.29, 1.82) is 0 Å². The Morgan fingerprint density at radius 1 is 1.17 bits per heavy atom. The smallest absolute Gasteiger partial charge is 0.332 e. The molecule has 1 fully saturated rings. The average molecular weight is 428 g/mol. The van der Waals surface area contributed by atoms with Crippen LogP contribution in [-0.2, 0) is 20.6 Å².